The summed E-state index contributed by atoms with van der Waals surface area (Å²) in [4.78, 5) is 22.4. The number of ketones is 1. The van der Waals surface area contributed by atoms with E-state index in [0.29, 0.717) is 11.1 Å². The number of carbonyl (C=O) groups excluding carboxylic acids is 1. The smallest absolute Gasteiger partial charge is 0.273 e. The number of rotatable bonds is 3. The van der Waals surface area contributed by atoms with Gasteiger partial charge in [-0.1, -0.05) is 12.1 Å². The van der Waals surface area contributed by atoms with Crippen LogP contribution in [0.1, 0.15) is 22.3 Å². The van der Waals surface area contributed by atoms with Gasteiger partial charge >= 0.3 is 0 Å². The molecule has 0 amide bonds. The largest absolute Gasteiger partial charge is 0.391 e. The topological polar surface area (TPSA) is 80.4 Å². The van der Waals surface area contributed by atoms with E-state index in [4.69, 9.17) is 6.42 Å². The minimum atomic E-state index is -0.950. The molecule has 0 saturated heterocycles. The lowest BCUT2D eigenvalue weighted by molar-refractivity contribution is -0.385. The van der Waals surface area contributed by atoms with E-state index in [2.05, 4.69) is 5.92 Å². The van der Waals surface area contributed by atoms with Gasteiger partial charge in [-0.3, -0.25) is 14.9 Å². The Kier molecular flexibility index (Phi) is 3.13. The monoisotopic (exact) mass is 245 g/mol. The molecule has 2 atom stereocenters. The van der Waals surface area contributed by atoms with Crippen LogP contribution in [-0.2, 0) is 6.42 Å². The summed E-state index contributed by atoms with van der Waals surface area (Å²) in [6.45, 7) is 0. The molecule has 1 aliphatic rings. The Morgan fingerprint density at radius 3 is 2.94 bits per heavy atom. The van der Waals surface area contributed by atoms with Crippen molar-refractivity contribution in [1.29, 1.82) is 0 Å². The lowest BCUT2D eigenvalue weighted by Gasteiger charge is -2.13. The predicted octanol–water partition coefficient (Wildman–Crippen LogP) is 1.33. The van der Waals surface area contributed by atoms with E-state index < -0.39 is 16.9 Å². The second-order valence-electron chi connectivity index (χ2n) is 4.21. The van der Waals surface area contributed by atoms with Crippen LogP contribution in [0.2, 0.25) is 0 Å². The van der Waals surface area contributed by atoms with Crippen molar-refractivity contribution in [2.75, 3.05) is 0 Å². The summed E-state index contributed by atoms with van der Waals surface area (Å²) >= 11 is 0. The van der Waals surface area contributed by atoms with E-state index in [1.165, 1.54) is 12.1 Å². The third-order valence-electron chi connectivity index (χ3n) is 3.17. The Balaban J connectivity index is 2.39. The summed E-state index contributed by atoms with van der Waals surface area (Å²) in [6.07, 6.45) is 4.39. The standard InChI is InChI=1S/C13H11NO4/c1-2-4-12(15)10-7-9-8(13(10)16)5-3-6-11(9)14(17)18/h1,3,5-6,10,12,15H,4,7H2. The normalized spacial score (nSPS) is 19.1. The molecule has 0 fully saturated rings. The summed E-state index contributed by atoms with van der Waals surface area (Å²) in [5.41, 5.74) is 0.648. The number of carbonyl (C=O) groups is 1. The van der Waals surface area contributed by atoms with Gasteiger partial charge in [0.15, 0.2) is 5.78 Å². The molecule has 5 nitrogen and oxygen atoms in total. The molecule has 5 heteroatoms. The molecule has 2 unspecified atom stereocenters. The fourth-order valence-electron chi connectivity index (χ4n) is 2.28. The molecule has 0 bridgehead atoms. The number of benzene rings is 1. The number of aliphatic hydroxyl groups is 1. The van der Waals surface area contributed by atoms with Crippen molar-refractivity contribution in [2.24, 2.45) is 5.92 Å². The first-order valence-corrected chi connectivity index (χ1v) is 5.48. The van der Waals surface area contributed by atoms with Crippen molar-refractivity contribution in [3.8, 4) is 12.3 Å². The highest BCUT2D eigenvalue weighted by Gasteiger charge is 2.38. The zero-order chi connectivity index (χ0) is 13.3. The zero-order valence-corrected chi connectivity index (χ0v) is 9.50. The Bertz CT molecular complexity index is 559. The van der Waals surface area contributed by atoms with Gasteiger partial charge in [-0.25, -0.2) is 0 Å². The quantitative estimate of drug-likeness (QED) is 0.495. The van der Waals surface area contributed by atoms with Crippen LogP contribution in [0.15, 0.2) is 18.2 Å². The maximum absolute atomic E-state index is 12.0. The minimum Gasteiger partial charge on any atom is -0.391 e. The first-order valence-electron chi connectivity index (χ1n) is 5.48. The van der Waals surface area contributed by atoms with E-state index >= 15 is 0 Å². The molecule has 0 aromatic heterocycles. The molecule has 0 spiro atoms. The molecular weight excluding hydrogens is 234 g/mol. The van der Waals surface area contributed by atoms with Gasteiger partial charge in [0.2, 0.25) is 0 Å². The molecule has 0 heterocycles. The van der Waals surface area contributed by atoms with Crippen LogP contribution >= 0.6 is 0 Å². The van der Waals surface area contributed by atoms with Gasteiger partial charge in [0.1, 0.15) is 0 Å². The summed E-state index contributed by atoms with van der Waals surface area (Å²) in [7, 11) is 0. The van der Waals surface area contributed by atoms with Gasteiger partial charge in [0.25, 0.3) is 5.69 Å². The Morgan fingerprint density at radius 2 is 2.33 bits per heavy atom. The molecule has 0 radical (unpaired) electrons. The average Bonchev–Trinajstić information content (AvgIpc) is 2.67. The van der Waals surface area contributed by atoms with Crippen LogP contribution in [0, 0.1) is 28.4 Å². The van der Waals surface area contributed by atoms with Crippen molar-refractivity contribution in [3.63, 3.8) is 0 Å². The van der Waals surface area contributed by atoms with Crippen LogP contribution < -0.4 is 0 Å². The van der Waals surface area contributed by atoms with E-state index in [1.807, 2.05) is 0 Å². The molecule has 1 aromatic rings. The van der Waals surface area contributed by atoms with E-state index in [1.54, 1.807) is 6.07 Å². The summed E-state index contributed by atoms with van der Waals surface area (Å²) < 4.78 is 0. The molecule has 18 heavy (non-hydrogen) atoms. The molecule has 1 N–H and O–H groups in total. The van der Waals surface area contributed by atoms with Gasteiger partial charge in [0, 0.05) is 23.6 Å². The van der Waals surface area contributed by atoms with Gasteiger partial charge in [-0.15, -0.1) is 12.3 Å². The lowest BCUT2D eigenvalue weighted by atomic mass is 9.96. The maximum atomic E-state index is 12.0. The second kappa shape index (κ2) is 4.59. The van der Waals surface area contributed by atoms with Crippen LogP contribution in [0.5, 0.6) is 0 Å². The fraction of sp³-hybridized carbons (Fsp3) is 0.308. The van der Waals surface area contributed by atoms with Gasteiger partial charge < -0.3 is 5.11 Å². The van der Waals surface area contributed by atoms with E-state index in [0.717, 1.165) is 0 Å². The number of aliphatic hydroxyl groups excluding tert-OH is 1. The van der Waals surface area contributed by atoms with Crippen LogP contribution in [0.4, 0.5) is 5.69 Å². The summed E-state index contributed by atoms with van der Waals surface area (Å²) in [5, 5.41) is 20.7. The molecule has 0 aliphatic heterocycles. The van der Waals surface area contributed by atoms with Crippen molar-refractivity contribution >= 4 is 11.5 Å². The minimum absolute atomic E-state index is 0.0677. The number of nitro groups is 1. The number of fused-ring (bicyclic) bond motifs is 1. The van der Waals surface area contributed by atoms with Crippen molar-refractivity contribution in [3.05, 3.63) is 39.4 Å². The first-order chi connectivity index (χ1) is 8.56. The number of nitro benzene ring substituents is 1. The molecule has 92 valence electrons. The lowest BCUT2D eigenvalue weighted by Crippen LogP contribution is -2.25. The second-order valence-corrected chi connectivity index (χ2v) is 4.21. The Morgan fingerprint density at radius 1 is 1.61 bits per heavy atom. The summed E-state index contributed by atoms with van der Waals surface area (Å²) in [6, 6.07) is 4.39. The summed E-state index contributed by atoms with van der Waals surface area (Å²) in [5.74, 6) is 1.36. The SMILES string of the molecule is C#CCC(O)C1Cc2c(cccc2[N+](=O)[O-])C1=O. The average molecular weight is 245 g/mol. The first kappa shape index (κ1) is 12.3. The Hall–Kier alpha value is -2.19. The highest BCUT2D eigenvalue weighted by Crippen LogP contribution is 2.35. The molecule has 0 saturated carbocycles. The zero-order valence-electron chi connectivity index (χ0n) is 9.50. The third kappa shape index (κ3) is 1.87. The van der Waals surface area contributed by atoms with Crippen molar-refractivity contribution in [1.82, 2.24) is 0 Å². The number of hydrogen-bond acceptors (Lipinski definition) is 4. The predicted molar refractivity (Wildman–Crippen MR) is 64.1 cm³/mol. The van der Waals surface area contributed by atoms with Crippen LogP contribution in [0.3, 0.4) is 0 Å². The molecule has 1 aromatic carbocycles. The number of hydrogen-bond donors (Lipinski definition) is 1. The van der Waals surface area contributed by atoms with Crippen LogP contribution in [-0.4, -0.2) is 21.9 Å². The van der Waals surface area contributed by atoms with E-state index in [-0.39, 0.29) is 24.3 Å². The van der Waals surface area contributed by atoms with Crippen LogP contribution in [0.25, 0.3) is 0 Å². The third-order valence-corrected chi connectivity index (χ3v) is 3.17. The van der Waals surface area contributed by atoms with Crippen molar-refractivity contribution < 1.29 is 14.8 Å². The number of terminal acetylenes is 1. The van der Waals surface area contributed by atoms with Gasteiger partial charge in [-0.05, 0) is 6.42 Å². The maximum Gasteiger partial charge on any atom is 0.273 e. The molecule has 1 aliphatic carbocycles. The highest BCUT2D eigenvalue weighted by molar-refractivity contribution is 6.03. The fourth-order valence-corrected chi connectivity index (χ4v) is 2.28. The molecule has 2 rings (SSSR count). The Labute approximate surface area is 104 Å². The van der Waals surface area contributed by atoms with Gasteiger partial charge in [0.05, 0.1) is 16.9 Å². The number of Topliss-reactive ketones (excluding diaryl/α,β-unsaturated/α-hetero) is 1. The van der Waals surface area contributed by atoms with E-state index in [9.17, 15) is 20.0 Å². The highest BCUT2D eigenvalue weighted by atomic mass is 16.6. The molecular formula is C13H11NO4. The number of nitrogens with zero attached hydrogens (tertiary/aromatic N) is 1. The van der Waals surface area contributed by atoms with Crippen molar-refractivity contribution in [2.45, 2.75) is 18.9 Å². The van der Waals surface area contributed by atoms with Gasteiger partial charge in [-0.2, -0.15) is 0 Å².